The summed E-state index contributed by atoms with van der Waals surface area (Å²) in [6.07, 6.45) is 2.96. The van der Waals surface area contributed by atoms with Gasteiger partial charge in [0.2, 0.25) is 5.91 Å². The van der Waals surface area contributed by atoms with Gasteiger partial charge < -0.3 is 10.1 Å². The van der Waals surface area contributed by atoms with Crippen LogP contribution in [0.1, 0.15) is 11.1 Å². The number of carbonyl (C=O) groups is 3. The number of amides is 2. The number of fused-ring (bicyclic) bond motifs is 1. The topological polar surface area (TPSA) is 109 Å². The lowest BCUT2D eigenvalue weighted by Crippen LogP contribution is -2.19. The average Bonchev–Trinajstić information content (AvgIpc) is 3.08. The fourth-order valence-electron chi connectivity index (χ4n) is 2.12. The van der Waals surface area contributed by atoms with Crippen molar-refractivity contribution in [3.8, 4) is 0 Å². The second-order valence-corrected chi connectivity index (χ2v) is 5.91. The van der Waals surface area contributed by atoms with Crippen molar-refractivity contribution in [3.63, 3.8) is 0 Å². The lowest BCUT2D eigenvalue weighted by atomic mass is 10.1. The number of hydrogen-bond donors (Lipinski definition) is 2. The number of methoxy groups -OCH3 is 1. The Morgan fingerprint density at radius 3 is 2.96 bits per heavy atom. The Morgan fingerprint density at radius 1 is 1.33 bits per heavy atom. The number of rotatable bonds is 3. The molecule has 122 valence electrons. The van der Waals surface area contributed by atoms with Gasteiger partial charge >= 0.3 is 5.97 Å². The Hall–Kier alpha value is -2.94. The van der Waals surface area contributed by atoms with Gasteiger partial charge in [0, 0.05) is 11.8 Å². The Bertz CT molecular complexity index is 829. The van der Waals surface area contributed by atoms with Crippen LogP contribution in [0.15, 0.2) is 39.4 Å². The summed E-state index contributed by atoms with van der Waals surface area (Å²) in [6.45, 7) is 0. The molecule has 2 amide bonds. The molecule has 2 heterocycles. The van der Waals surface area contributed by atoms with Gasteiger partial charge in [-0.15, -0.1) is 5.10 Å². The van der Waals surface area contributed by atoms with Crippen LogP contribution in [0.3, 0.4) is 0 Å². The highest BCUT2D eigenvalue weighted by Crippen LogP contribution is 2.24. The third-order valence-electron chi connectivity index (χ3n) is 3.21. The molecule has 0 bridgehead atoms. The summed E-state index contributed by atoms with van der Waals surface area (Å²) in [5.41, 5.74) is 2.50. The molecule has 2 N–H and O–H groups in total. The van der Waals surface area contributed by atoms with Crippen molar-refractivity contribution < 1.29 is 19.1 Å². The first-order valence-electron chi connectivity index (χ1n) is 6.88. The van der Waals surface area contributed by atoms with Gasteiger partial charge in [0.1, 0.15) is 0 Å². The number of esters is 1. The predicted molar refractivity (Wildman–Crippen MR) is 89.6 cm³/mol. The first-order chi connectivity index (χ1) is 11.5. The highest BCUT2D eigenvalue weighted by Gasteiger charge is 2.25. The van der Waals surface area contributed by atoms with Crippen LogP contribution in [-0.4, -0.2) is 36.3 Å². The molecule has 24 heavy (non-hydrogen) atoms. The van der Waals surface area contributed by atoms with Crippen molar-refractivity contribution in [2.75, 3.05) is 12.4 Å². The van der Waals surface area contributed by atoms with Crippen LogP contribution < -0.4 is 10.6 Å². The van der Waals surface area contributed by atoms with Crippen LogP contribution in [0.4, 0.5) is 5.69 Å². The molecular weight excluding hydrogens is 332 g/mol. The Labute approximate surface area is 141 Å². The van der Waals surface area contributed by atoms with E-state index in [-0.39, 0.29) is 16.0 Å². The van der Waals surface area contributed by atoms with Crippen LogP contribution in [0.5, 0.6) is 0 Å². The maximum absolute atomic E-state index is 11.6. The van der Waals surface area contributed by atoms with Crippen molar-refractivity contribution in [2.45, 2.75) is 6.42 Å². The molecule has 0 aromatic heterocycles. The summed E-state index contributed by atoms with van der Waals surface area (Å²) in [7, 11) is 1.23. The van der Waals surface area contributed by atoms with E-state index in [0.717, 1.165) is 34.7 Å². The lowest BCUT2D eigenvalue weighted by Gasteiger charge is -1.98. The summed E-state index contributed by atoms with van der Waals surface area (Å²) >= 11 is 0.999. The fourth-order valence-corrected chi connectivity index (χ4v) is 2.86. The van der Waals surface area contributed by atoms with E-state index in [9.17, 15) is 14.4 Å². The van der Waals surface area contributed by atoms with E-state index in [1.54, 1.807) is 12.1 Å². The highest BCUT2D eigenvalue weighted by atomic mass is 32.2. The zero-order valence-corrected chi connectivity index (χ0v) is 13.3. The summed E-state index contributed by atoms with van der Waals surface area (Å²) in [6, 6.07) is 5.45. The van der Waals surface area contributed by atoms with Gasteiger partial charge in [-0.05, 0) is 35.0 Å². The molecule has 0 saturated carbocycles. The number of carbonyl (C=O) groups excluding carboxylic acids is 3. The summed E-state index contributed by atoms with van der Waals surface area (Å²) in [4.78, 5) is 34.3. The first kappa shape index (κ1) is 15.9. The molecule has 9 heteroatoms. The molecule has 1 aromatic rings. The molecular formula is C15H12N4O4S. The van der Waals surface area contributed by atoms with Crippen LogP contribution in [0, 0.1) is 0 Å². The van der Waals surface area contributed by atoms with E-state index in [4.69, 9.17) is 0 Å². The first-order valence-corrected chi connectivity index (χ1v) is 7.69. The van der Waals surface area contributed by atoms with Crippen LogP contribution >= 0.6 is 11.8 Å². The van der Waals surface area contributed by atoms with Gasteiger partial charge in [-0.25, -0.2) is 4.79 Å². The normalized spacial score (nSPS) is 19.7. The van der Waals surface area contributed by atoms with E-state index in [1.807, 2.05) is 6.07 Å². The third kappa shape index (κ3) is 3.51. The number of nitrogens with zero attached hydrogens (tertiary/aromatic N) is 2. The lowest BCUT2D eigenvalue weighted by molar-refractivity contribution is -0.135. The Morgan fingerprint density at radius 2 is 2.17 bits per heavy atom. The molecule has 2 aliphatic heterocycles. The van der Waals surface area contributed by atoms with Crippen molar-refractivity contribution >= 4 is 46.6 Å². The number of benzene rings is 1. The number of amidine groups is 1. The maximum atomic E-state index is 11.6. The van der Waals surface area contributed by atoms with Crippen molar-refractivity contribution in [2.24, 2.45) is 10.2 Å². The smallest absolute Gasteiger partial charge is 0.331 e. The second kappa shape index (κ2) is 6.67. The second-order valence-electron chi connectivity index (χ2n) is 4.88. The van der Waals surface area contributed by atoms with Crippen molar-refractivity contribution in [1.82, 2.24) is 5.32 Å². The molecule has 1 aromatic carbocycles. The van der Waals surface area contributed by atoms with Gasteiger partial charge in [0.15, 0.2) is 5.17 Å². The molecule has 1 saturated heterocycles. The zero-order valence-electron chi connectivity index (χ0n) is 12.5. The summed E-state index contributed by atoms with van der Waals surface area (Å²) in [5.74, 6) is -1.07. The minimum absolute atomic E-state index is 0.0330. The standard InChI is InChI=1S/C15H12N4O4S/c1-23-13(21)6-11-14(22)18-15(24-11)19-16-7-8-2-3-10-9(4-8)5-12(20)17-10/h2-4,6-7H,5H2,1H3,(H,17,20)(H,18,19,22)/b11-6+,16-7?. The van der Waals surface area contributed by atoms with Crippen LogP contribution in [0.25, 0.3) is 0 Å². The third-order valence-corrected chi connectivity index (χ3v) is 4.11. The van der Waals surface area contributed by atoms with E-state index < -0.39 is 11.9 Å². The maximum Gasteiger partial charge on any atom is 0.331 e. The van der Waals surface area contributed by atoms with Crippen molar-refractivity contribution in [3.05, 3.63) is 40.3 Å². The summed E-state index contributed by atoms with van der Waals surface area (Å²) in [5, 5.41) is 13.3. The van der Waals surface area contributed by atoms with Gasteiger partial charge in [0.05, 0.1) is 24.7 Å². The quantitative estimate of drug-likeness (QED) is 0.365. The van der Waals surface area contributed by atoms with Gasteiger partial charge in [-0.1, -0.05) is 6.07 Å². The SMILES string of the molecule is COC(=O)/C=C1/S/C(=N\N=Cc2ccc3c(c2)CC(=O)N3)NC1=O. The number of thioether (sulfide) groups is 1. The molecule has 8 nitrogen and oxygen atoms in total. The minimum atomic E-state index is -0.612. The monoisotopic (exact) mass is 344 g/mol. The molecule has 0 spiro atoms. The fraction of sp³-hybridized carbons (Fsp3) is 0.133. The average molecular weight is 344 g/mol. The Balaban J connectivity index is 1.68. The zero-order chi connectivity index (χ0) is 17.1. The molecule has 0 aliphatic carbocycles. The van der Waals surface area contributed by atoms with E-state index in [1.165, 1.54) is 13.3 Å². The van der Waals surface area contributed by atoms with Crippen molar-refractivity contribution in [1.29, 1.82) is 0 Å². The van der Waals surface area contributed by atoms with Crippen LogP contribution in [-0.2, 0) is 25.5 Å². The molecule has 2 aliphatic rings. The molecule has 3 rings (SSSR count). The van der Waals surface area contributed by atoms with Crippen LogP contribution in [0.2, 0.25) is 0 Å². The number of hydrogen-bond acceptors (Lipinski definition) is 7. The number of anilines is 1. The van der Waals surface area contributed by atoms with E-state index >= 15 is 0 Å². The number of ether oxygens (including phenoxy) is 1. The minimum Gasteiger partial charge on any atom is -0.466 e. The molecule has 1 fully saturated rings. The van der Waals surface area contributed by atoms with E-state index in [0.29, 0.717) is 6.42 Å². The summed E-state index contributed by atoms with van der Waals surface area (Å²) < 4.78 is 4.47. The van der Waals surface area contributed by atoms with Gasteiger partial charge in [-0.2, -0.15) is 5.10 Å². The molecule has 0 atom stereocenters. The number of nitrogens with one attached hydrogen (secondary N) is 2. The molecule has 0 unspecified atom stereocenters. The largest absolute Gasteiger partial charge is 0.466 e. The highest BCUT2D eigenvalue weighted by molar-refractivity contribution is 8.18. The van der Waals surface area contributed by atoms with E-state index in [2.05, 4.69) is 25.6 Å². The van der Waals surface area contributed by atoms with Gasteiger partial charge in [-0.3, -0.25) is 14.9 Å². The Kier molecular flexibility index (Phi) is 4.43. The predicted octanol–water partition coefficient (Wildman–Crippen LogP) is 0.791. The van der Waals surface area contributed by atoms with Gasteiger partial charge in [0.25, 0.3) is 5.91 Å². The molecule has 0 radical (unpaired) electrons.